The second kappa shape index (κ2) is 9.38. The second-order valence-corrected chi connectivity index (χ2v) is 10.2. The number of aliphatic imine (C=N–C) groups is 1. The van der Waals surface area contributed by atoms with Gasteiger partial charge >= 0.3 is 0 Å². The fourth-order valence-corrected chi connectivity index (χ4v) is 6.00. The summed E-state index contributed by atoms with van der Waals surface area (Å²) >= 11 is 4.84. The molecule has 2 aliphatic rings. The third-order valence-electron chi connectivity index (χ3n) is 4.91. The molecular formula is C23H20N2O3S3. The zero-order valence-corrected chi connectivity index (χ0v) is 19.1. The van der Waals surface area contributed by atoms with Gasteiger partial charge in [-0.1, -0.05) is 47.8 Å². The maximum absolute atomic E-state index is 13.3. The van der Waals surface area contributed by atoms with Crippen LogP contribution in [-0.2, 0) is 17.1 Å². The van der Waals surface area contributed by atoms with Crippen molar-refractivity contribution >= 4 is 56.5 Å². The number of carbonyl (C=O) groups excluding carboxylic acids is 1. The standard InChI is InChI=1S/C23H20N2O3S3/c26-22(15-31-23-24-19-6-2-1-4-16(19)14-30-23)25(13-18-5-3-11-29-18)17-7-8-20-21(12-17)28-10-9-27-20/h1-8,11-12H,9-10,13-15H2. The Labute approximate surface area is 193 Å². The Hall–Kier alpha value is -2.42. The molecule has 0 fully saturated rings. The summed E-state index contributed by atoms with van der Waals surface area (Å²) in [5, 5.41) is 2.03. The first-order valence-corrected chi connectivity index (χ1v) is 12.8. The molecule has 0 unspecified atom stereocenters. The molecule has 5 nitrogen and oxygen atoms in total. The van der Waals surface area contributed by atoms with Gasteiger partial charge in [-0.05, 0) is 35.2 Å². The van der Waals surface area contributed by atoms with E-state index in [2.05, 4.69) is 6.07 Å². The highest BCUT2D eigenvalue weighted by Gasteiger charge is 2.22. The van der Waals surface area contributed by atoms with Crippen molar-refractivity contribution in [3.8, 4) is 11.5 Å². The lowest BCUT2D eigenvalue weighted by Crippen LogP contribution is -2.32. The zero-order valence-electron chi connectivity index (χ0n) is 16.7. The average Bonchev–Trinajstić information content (AvgIpc) is 3.34. The molecule has 0 N–H and O–H groups in total. The largest absolute Gasteiger partial charge is 0.486 e. The Morgan fingerprint density at radius 3 is 2.81 bits per heavy atom. The van der Waals surface area contributed by atoms with Crippen molar-refractivity contribution in [2.24, 2.45) is 4.99 Å². The molecule has 0 spiro atoms. The van der Waals surface area contributed by atoms with Crippen LogP contribution in [-0.4, -0.2) is 29.2 Å². The molecule has 0 aliphatic carbocycles. The van der Waals surface area contributed by atoms with E-state index in [1.807, 2.05) is 58.8 Å². The number of fused-ring (bicyclic) bond motifs is 2. The topological polar surface area (TPSA) is 51.1 Å². The SMILES string of the molecule is O=C(CSC1=Nc2ccccc2CS1)N(Cc1cccs1)c1ccc2c(c1)OCCO2. The molecular weight excluding hydrogens is 448 g/mol. The maximum Gasteiger partial charge on any atom is 0.237 e. The van der Waals surface area contributed by atoms with Crippen molar-refractivity contribution in [1.82, 2.24) is 0 Å². The molecule has 0 saturated carbocycles. The third-order valence-corrected chi connectivity index (χ3v) is 8.00. The maximum atomic E-state index is 13.3. The van der Waals surface area contributed by atoms with Crippen molar-refractivity contribution in [3.05, 3.63) is 70.4 Å². The summed E-state index contributed by atoms with van der Waals surface area (Å²) in [5.41, 5.74) is 3.05. The van der Waals surface area contributed by atoms with Crippen LogP contribution >= 0.6 is 34.9 Å². The van der Waals surface area contributed by atoms with E-state index in [1.165, 1.54) is 17.3 Å². The number of amides is 1. The van der Waals surface area contributed by atoms with Crippen molar-refractivity contribution in [3.63, 3.8) is 0 Å². The van der Waals surface area contributed by atoms with E-state index < -0.39 is 0 Å². The Morgan fingerprint density at radius 2 is 1.94 bits per heavy atom. The molecule has 158 valence electrons. The first kappa shape index (κ1) is 20.5. The fourth-order valence-electron chi connectivity index (χ4n) is 3.37. The minimum absolute atomic E-state index is 0.0391. The molecule has 2 aliphatic heterocycles. The molecule has 1 amide bonds. The molecule has 5 rings (SSSR count). The molecule has 3 aromatic rings. The van der Waals surface area contributed by atoms with E-state index in [9.17, 15) is 4.79 Å². The number of benzene rings is 2. The van der Waals surface area contributed by atoms with Crippen LogP contribution in [0.1, 0.15) is 10.4 Å². The van der Waals surface area contributed by atoms with Gasteiger partial charge in [-0.3, -0.25) is 4.79 Å². The number of rotatable bonds is 5. The van der Waals surface area contributed by atoms with Crippen LogP contribution in [0.4, 0.5) is 11.4 Å². The number of hydrogen-bond donors (Lipinski definition) is 0. The number of carbonyl (C=O) groups is 1. The highest BCUT2D eigenvalue weighted by atomic mass is 32.2. The van der Waals surface area contributed by atoms with Crippen LogP contribution in [0.2, 0.25) is 0 Å². The Bertz CT molecular complexity index is 1120. The van der Waals surface area contributed by atoms with E-state index in [4.69, 9.17) is 14.5 Å². The fraction of sp³-hybridized carbons (Fsp3) is 0.217. The third kappa shape index (κ3) is 4.76. The first-order valence-electron chi connectivity index (χ1n) is 9.91. The summed E-state index contributed by atoms with van der Waals surface area (Å²) in [4.78, 5) is 21.0. The van der Waals surface area contributed by atoms with Gasteiger partial charge in [-0.2, -0.15) is 0 Å². The Balaban J connectivity index is 1.34. The van der Waals surface area contributed by atoms with Gasteiger partial charge in [0.2, 0.25) is 5.91 Å². The van der Waals surface area contributed by atoms with Gasteiger partial charge in [0.1, 0.15) is 17.6 Å². The minimum atomic E-state index is 0.0391. The zero-order chi connectivity index (χ0) is 21.0. The predicted octanol–water partition coefficient (Wildman–Crippen LogP) is 5.72. The summed E-state index contributed by atoms with van der Waals surface area (Å²) in [6.45, 7) is 1.59. The smallest absolute Gasteiger partial charge is 0.237 e. The van der Waals surface area contributed by atoms with E-state index in [-0.39, 0.29) is 5.91 Å². The summed E-state index contributed by atoms with van der Waals surface area (Å²) in [5.74, 6) is 2.66. The van der Waals surface area contributed by atoms with Gasteiger partial charge in [-0.15, -0.1) is 11.3 Å². The lowest BCUT2D eigenvalue weighted by Gasteiger charge is -2.25. The number of nitrogens with zero attached hydrogens (tertiary/aromatic N) is 2. The van der Waals surface area contributed by atoms with E-state index in [0.29, 0.717) is 31.3 Å². The molecule has 3 heterocycles. The van der Waals surface area contributed by atoms with Crippen LogP contribution in [0.5, 0.6) is 11.5 Å². The number of thioether (sulfide) groups is 2. The van der Waals surface area contributed by atoms with Gasteiger partial charge in [0.15, 0.2) is 11.5 Å². The highest BCUT2D eigenvalue weighted by Crippen LogP contribution is 2.36. The summed E-state index contributed by atoms with van der Waals surface area (Å²) in [7, 11) is 0. The molecule has 0 bridgehead atoms. The molecule has 2 aromatic carbocycles. The molecule has 31 heavy (non-hydrogen) atoms. The number of hydrogen-bond acceptors (Lipinski definition) is 7. The summed E-state index contributed by atoms with van der Waals surface area (Å²) in [6, 6.07) is 17.9. The van der Waals surface area contributed by atoms with Crippen LogP contribution < -0.4 is 14.4 Å². The van der Waals surface area contributed by atoms with E-state index in [1.54, 1.807) is 23.1 Å². The minimum Gasteiger partial charge on any atom is -0.486 e. The van der Waals surface area contributed by atoms with Crippen molar-refractivity contribution < 1.29 is 14.3 Å². The average molecular weight is 469 g/mol. The van der Waals surface area contributed by atoms with Crippen molar-refractivity contribution in [1.29, 1.82) is 0 Å². The molecule has 8 heteroatoms. The number of para-hydroxylation sites is 1. The van der Waals surface area contributed by atoms with Gasteiger partial charge in [0.05, 0.1) is 18.0 Å². The monoisotopic (exact) mass is 468 g/mol. The molecule has 1 aromatic heterocycles. The lowest BCUT2D eigenvalue weighted by atomic mass is 10.2. The quantitative estimate of drug-likeness (QED) is 0.479. The van der Waals surface area contributed by atoms with Crippen LogP contribution in [0.25, 0.3) is 0 Å². The molecule has 0 saturated heterocycles. The molecule has 0 radical (unpaired) electrons. The van der Waals surface area contributed by atoms with Crippen LogP contribution in [0, 0.1) is 0 Å². The Morgan fingerprint density at radius 1 is 1.06 bits per heavy atom. The number of anilines is 1. The normalized spacial score (nSPS) is 14.5. The lowest BCUT2D eigenvalue weighted by molar-refractivity contribution is -0.116. The highest BCUT2D eigenvalue weighted by molar-refractivity contribution is 8.38. The van der Waals surface area contributed by atoms with Crippen LogP contribution in [0.3, 0.4) is 0 Å². The summed E-state index contributed by atoms with van der Waals surface area (Å²) < 4.78 is 12.3. The number of thiophene rings is 1. The van der Waals surface area contributed by atoms with Gasteiger partial charge < -0.3 is 14.4 Å². The second-order valence-electron chi connectivity index (χ2n) is 6.97. The van der Waals surface area contributed by atoms with Crippen molar-refractivity contribution in [2.45, 2.75) is 12.3 Å². The van der Waals surface area contributed by atoms with Gasteiger partial charge in [0.25, 0.3) is 0 Å². The van der Waals surface area contributed by atoms with Crippen LogP contribution in [0.15, 0.2) is 65.0 Å². The Kier molecular flexibility index (Phi) is 6.20. The summed E-state index contributed by atoms with van der Waals surface area (Å²) in [6.07, 6.45) is 0. The van der Waals surface area contributed by atoms with E-state index in [0.717, 1.165) is 32.1 Å². The first-order chi connectivity index (χ1) is 15.3. The van der Waals surface area contributed by atoms with Gasteiger partial charge in [0, 0.05) is 22.4 Å². The molecule has 0 atom stereocenters. The van der Waals surface area contributed by atoms with Gasteiger partial charge in [-0.25, -0.2) is 4.99 Å². The van der Waals surface area contributed by atoms with E-state index >= 15 is 0 Å². The van der Waals surface area contributed by atoms with Crippen molar-refractivity contribution in [2.75, 3.05) is 23.9 Å². The number of ether oxygens (including phenoxy) is 2. The predicted molar refractivity (Wildman–Crippen MR) is 130 cm³/mol.